The van der Waals surface area contributed by atoms with Gasteiger partial charge in [-0.25, -0.2) is 4.39 Å². The Kier molecular flexibility index (Phi) is 4.25. The fraction of sp³-hybridized carbons (Fsp3) is 0.538. The summed E-state index contributed by atoms with van der Waals surface area (Å²) in [5.74, 6) is 0.0451. The Bertz CT molecular complexity index is 401. The maximum atomic E-state index is 13.1. The van der Waals surface area contributed by atoms with E-state index in [1.54, 1.807) is 13.0 Å². The molecule has 0 aromatic heterocycles. The maximum Gasteiger partial charge on any atom is 0.128 e. The topological polar surface area (TPSA) is 41.5 Å². The summed E-state index contributed by atoms with van der Waals surface area (Å²) in [5, 5.41) is 13.3. The standard InChI is InChI=1S/C13H17BrFNO2/c1-13(17,7-16-11-2-3-11)8-18-12-5-9(14)4-10(15)6-12/h4-6,11,16-17H,2-3,7-8H2,1H3. The number of ether oxygens (including phenoxy) is 1. The highest BCUT2D eigenvalue weighted by Gasteiger charge is 2.27. The van der Waals surface area contributed by atoms with Gasteiger partial charge in [0.05, 0.1) is 0 Å². The molecule has 0 amide bonds. The molecule has 2 N–H and O–H groups in total. The van der Waals surface area contributed by atoms with Crippen LogP contribution in [-0.2, 0) is 0 Å². The quantitative estimate of drug-likeness (QED) is 0.847. The first-order chi connectivity index (χ1) is 8.44. The van der Waals surface area contributed by atoms with Crippen LogP contribution in [0.1, 0.15) is 19.8 Å². The Morgan fingerprint density at radius 1 is 1.50 bits per heavy atom. The molecule has 0 saturated heterocycles. The van der Waals surface area contributed by atoms with Gasteiger partial charge in [-0.1, -0.05) is 15.9 Å². The fourth-order valence-corrected chi connectivity index (χ4v) is 2.00. The van der Waals surface area contributed by atoms with Crippen LogP contribution < -0.4 is 10.1 Å². The first-order valence-electron chi connectivity index (χ1n) is 5.99. The molecule has 0 radical (unpaired) electrons. The molecule has 1 aliphatic carbocycles. The zero-order chi connectivity index (χ0) is 13.2. The van der Waals surface area contributed by atoms with Crippen molar-refractivity contribution in [2.24, 2.45) is 0 Å². The van der Waals surface area contributed by atoms with Gasteiger partial charge in [-0.3, -0.25) is 0 Å². The Hall–Kier alpha value is -0.650. The average molecular weight is 318 g/mol. The smallest absolute Gasteiger partial charge is 0.128 e. The zero-order valence-corrected chi connectivity index (χ0v) is 11.8. The second-order valence-electron chi connectivity index (χ2n) is 5.05. The van der Waals surface area contributed by atoms with E-state index in [0.717, 1.165) is 0 Å². The van der Waals surface area contributed by atoms with Gasteiger partial charge in [0, 0.05) is 23.1 Å². The number of hydrogen-bond acceptors (Lipinski definition) is 3. The number of benzene rings is 1. The first-order valence-corrected chi connectivity index (χ1v) is 6.79. The first kappa shape index (κ1) is 13.8. The molecule has 1 aromatic rings. The summed E-state index contributed by atoms with van der Waals surface area (Å²) in [5.41, 5.74) is -0.957. The molecule has 0 spiro atoms. The molecule has 3 nitrogen and oxygen atoms in total. The normalized spacial score (nSPS) is 18.4. The average Bonchev–Trinajstić information content (AvgIpc) is 3.07. The lowest BCUT2D eigenvalue weighted by molar-refractivity contribution is 0.0119. The van der Waals surface area contributed by atoms with Gasteiger partial charge in [0.1, 0.15) is 23.8 Å². The summed E-state index contributed by atoms with van der Waals surface area (Å²) in [4.78, 5) is 0. The molecule has 1 unspecified atom stereocenters. The van der Waals surface area contributed by atoms with Gasteiger partial charge in [0.15, 0.2) is 0 Å². The largest absolute Gasteiger partial charge is 0.490 e. The van der Waals surface area contributed by atoms with Crippen LogP contribution in [0.2, 0.25) is 0 Å². The van der Waals surface area contributed by atoms with Crippen molar-refractivity contribution in [3.05, 3.63) is 28.5 Å². The highest BCUT2D eigenvalue weighted by atomic mass is 79.9. The Balaban J connectivity index is 1.84. The third-order valence-electron chi connectivity index (χ3n) is 2.73. The Morgan fingerprint density at radius 2 is 2.22 bits per heavy atom. The van der Waals surface area contributed by atoms with Crippen LogP contribution in [0.4, 0.5) is 4.39 Å². The molecular weight excluding hydrogens is 301 g/mol. The molecule has 100 valence electrons. The van der Waals surface area contributed by atoms with E-state index in [-0.39, 0.29) is 12.4 Å². The van der Waals surface area contributed by atoms with Crippen LogP contribution in [0.15, 0.2) is 22.7 Å². The van der Waals surface area contributed by atoms with E-state index in [1.165, 1.54) is 25.0 Å². The number of hydrogen-bond donors (Lipinski definition) is 2. The summed E-state index contributed by atoms with van der Waals surface area (Å²) in [6.07, 6.45) is 2.35. The van der Waals surface area contributed by atoms with Crippen molar-refractivity contribution in [2.75, 3.05) is 13.2 Å². The van der Waals surface area contributed by atoms with E-state index in [1.807, 2.05) is 0 Å². The maximum absolute atomic E-state index is 13.1. The third kappa shape index (κ3) is 4.55. The molecule has 18 heavy (non-hydrogen) atoms. The predicted octanol–water partition coefficient (Wildman–Crippen LogP) is 2.47. The van der Waals surface area contributed by atoms with Crippen LogP contribution in [0.3, 0.4) is 0 Å². The molecule has 1 aliphatic rings. The number of halogens is 2. The van der Waals surface area contributed by atoms with Crippen LogP contribution in [-0.4, -0.2) is 29.9 Å². The third-order valence-corrected chi connectivity index (χ3v) is 3.19. The van der Waals surface area contributed by atoms with Gasteiger partial charge in [-0.15, -0.1) is 0 Å². The van der Waals surface area contributed by atoms with E-state index >= 15 is 0 Å². The van der Waals surface area contributed by atoms with Crippen LogP contribution in [0, 0.1) is 5.82 Å². The molecule has 1 fully saturated rings. The van der Waals surface area contributed by atoms with Gasteiger partial charge < -0.3 is 15.2 Å². The molecule has 5 heteroatoms. The van der Waals surface area contributed by atoms with Gasteiger partial charge in [-0.05, 0) is 31.9 Å². The van der Waals surface area contributed by atoms with Gasteiger partial charge in [0.25, 0.3) is 0 Å². The van der Waals surface area contributed by atoms with E-state index in [0.29, 0.717) is 22.8 Å². The van der Waals surface area contributed by atoms with Gasteiger partial charge in [-0.2, -0.15) is 0 Å². The molecule has 1 aromatic carbocycles. The molecule has 2 rings (SSSR count). The minimum absolute atomic E-state index is 0.128. The second kappa shape index (κ2) is 5.55. The highest BCUT2D eigenvalue weighted by molar-refractivity contribution is 9.10. The molecule has 1 saturated carbocycles. The van der Waals surface area contributed by atoms with E-state index < -0.39 is 5.60 Å². The van der Waals surface area contributed by atoms with Crippen molar-refractivity contribution in [2.45, 2.75) is 31.4 Å². The van der Waals surface area contributed by atoms with E-state index in [4.69, 9.17) is 4.74 Å². The monoisotopic (exact) mass is 317 g/mol. The van der Waals surface area contributed by atoms with Crippen LogP contribution in [0.25, 0.3) is 0 Å². The SMILES string of the molecule is CC(O)(CNC1CC1)COc1cc(F)cc(Br)c1. The Labute approximate surface area is 114 Å². The summed E-state index contributed by atoms with van der Waals surface area (Å²) in [6.45, 7) is 2.31. The molecule has 0 aliphatic heterocycles. The summed E-state index contributed by atoms with van der Waals surface area (Å²) < 4.78 is 19.2. The summed E-state index contributed by atoms with van der Waals surface area (Å²) in [6, 6.07) is 4.88. The lowest BCUT2D eigenvalue weighted by Crippen LogP contribution is -2.43. The van der Waals surface area contributed by atoms with Crippen molar-refractivity contribution in [1.29, 1.82) is 0 Å². The number of aliphatic hydroxyl groups is 1. The summed E-state index contributed by atoms with van der Waals surface area (Å²) >= 11 is 3.20. The van der Waals surface area contributed by atoms with Crippen molar-refractivity contribution < 1.29 is 14.2 Å². The summed E-state index contributed by atoms with van der Waals surface area (Å²) in [7, 11) is 0. The van der Waals surface area contributed by atoms with E-state index in [9.17, 15) is 9.50 Å². The minimum Gasteiger partial charge on any atom is -0.490 e. The van der Waals surface area contributed by atoms with Crippen LogP contribution >= 0.6 is 15.9 Å². The number of rotatable bonds is 6. The van der Waals surface area contributed by atoms with Gasteiger partial charge in [0.2, 0.25) is 0 Å². The molecule has 0 bridgehead atoms. The van der Waals surface area contributed by atoms with E-state index in [2.05, 4.69) is 21.2 Å². The van der Waals surface area contributed by atoms with Crippen molar-refractivity contribution >= 4 is 15.9 Å². The van der Waals surface area contributed by atoms with Crippen LogP contribution in [0.5, 0.6) is 5.75 Å². The Morgan fingerprint density at radius 3 is 2.83 bits per heavy atom. The minimum atomic E-state index is -0.957. The zero-order valence-electron chi connectivity index (χ0n) is 10.2. The van der Waals surface area contributed by atoms with Crippen molar-refractivity contribution in [3.63, 3.8) is 0 Å². The second-order valence-corrected chi connectivity index (χ2v) is 5.96. The lowest BCUT2D eigenvalue weighted by atomic mass is 10.1. The molecular formula is C13H17BrFNO2. The molecule has 1 atom stereocenters. The van der Waals surface area contributed by atoms with Crippen molar-refractivity contribution in [1.82, 2.24) is 5.32 Å². The lowest BCUT2D eigenvalue weighted by Gasteiger charge is -2.24. The van der Waals surface area contributed by atoms with Crippen molar-refractivity contribution in [3.8, 4) is 5.75 Å². The molecule has 0 heterocycles. The highest BCUT2D eigenvalue weighted by Crippen LogP contribution is 2.22. The fourth-order valence-electron chi connectivity index (χ4n) is 1.55. The predicted molar refractivity (Wildman–Crippen MR) is 71.2 cm³/mol. The van der Waals surface area contributed by atoms with Gasteiger partial charge >= 0.3 is 0 Å². The number of nitrogens with one attached hydrogen (secondary N) is 1.